The van der Waals surface area contributed by atoms with Crippen LogP contribution in [0, 0.1) is 0 Å². The van der Waals surface area contributed by atoms with Crippen LogP contribution in [-0.4, -0.2) is 36.4 Å². The summed E-state index contributed by atoms with van der Waals surface area (Å²) in [6, 6.07) is 7.43. The molecule has 0 bridgehead atoms. The van der Waals surface area contributed by atoms with Crippen molar-refractivity contribution in [2.45, 2.75) is 37.1 Å². The van der Waals surface area contributed by atoms with E-state index in [1.165, 1.54) is 0 Å². The Labute approximate surface area is 119 Å². The molecule has 2 atom stereocenters. The molecule has 1 fully saturated rings. The Kier molecular flexibility index (Phi) is 4.70. The number of methoxy groups -OCH3 is 1. The fourth-order valence-electron chi connectivity index (χ4n) is 2.66. The maximum Gasteiger partial charge on any atom is 0.257 e. The average Bonchev–Trinajstić information content (AvgIpc) is 2.46. The van der Waals surface area contributed by atoms with E-state index >= 15 is 0 Å². The molecule has 1 aliphatic rings. The number of rotatable bonds is 3. The number of hydrogen-bond donors (Lipinski definition) is 0. The number of hydrogen-bond acceptors (Lipinski definition) is 2. The van der Waals surface area contributed by atoms with Gasteiger partial charge in [0.1, 0.15) is 5.75 Å². The number of amides is 1. The second-order valence-corrected chi connectivity index (χ2v) is 5.54. The average molecular weight is 282 g/mol. The number of halogens is 1. The highest BCUT2D eigenvalue weighted by atomic mass is 35.5. The lowest BCUT2D eigenvalue weighted by Gasteiger charge is -2.35. The third kappa shape index (κ3) is 3.03. The van der Waals surface area contributed by atoms with Crippen LogP contribution in [-0.2, 0) is 0 Å². The first-order chi connectivity index (χ1) is 9.15. The summed E-state index contributed by atoms with van der Waals surface area (Å²) in [5.74, 6) is 0.594. The van der Waals surface area contributed by atoms with Gasteiger partial charge in [-0.2, -0.15) is 0 Å². The molecule has 0 radical (unpaired) electrons. The maximum atomic E-state index is 12.6. The van der Waals surface area contributed by atoms with Gasteiger partial charge in [-0.05, 0) is 25.0 Å². The zero-order valence-electron chi connectivity index (χ0n) is 11.4. The molecule has 4 heteroatoms. The lowest BCUT2D eigenvalue weighted by atomic mass is 9.93. The van der Waals surface area contributed by atoms with Crippen molar-refractivity contribution in [2.75, 3.05) is 14.2 Å². The van der Waals surface area contributed by atoms with Gasteiger partial charge in [0.15, 0.2) is 0 Å². The molecule has 2 rings (SSSR count). The van der Waals surface area contributed by atoms with Crippen LogP contribution in [0.3, 0.4) is 0 Å². The number of ether oxygens (including phenoxy) is 1. The summed E-state index contributed by atoms with van der Waals surface area (Å²) < 4.78 is 5.25. The van der Waals surface area contributed by atoms with Gasteiger partial charge in [0, 0.05) is 13.1 Å². The molecule has 1 amide bonds. The second-order valence-electron chi connectivity index (χ2n) is 4.98. The molecule has 1 aliphatic carbocycles. The zero-order valence-corrected chi connectivity index (χ0v) is 12.2. The van der Waals surface area contributed by atoms with Crippen LogP contribution in [0.1, 0.15) is 36.0 Å². The molecule has 1 saturated carbocycles. The van der Waals surface area contributed by atoms with E-state index in [0.717, 1.165) is 25.7 Å². The maximum absolute atomic E-state index is 12.6. The highest BCUT2D eigenvalue weighted by Gasteiger charge is 2.30. The van der Waals surface area contributed by atoms with E-state index in [4.69, 9.17) is 16.3 Å². The van der Waals surface area contributed by atoms with Gasteiger partial charge in [-0.15, -0.1) is 11.6 Å². The van der Waals surface area contributed by atoms with Gasteiger partial charge in [-0.3, -0.25) is 4.79 Å². The van der Waals surface area contributed by atoms with Crippen molar-refractivity contribution in [1.29, 1.82) is 0 Å². The van der Waals surface area contributed by atoms with Crippen LogP contribution < -0.4 is 4.74 Å². The number of benzene rings is 1. The Morgan fingerprint density at radius 3 is 2.68 bits per heavy atom. The topological polar surface area (TPSA) is 29.5 Å². The van der Waals surface area contributed by atoms with Crippen molar-refractivity contribution in [3.8, 4) is 5.75 Å². The van der Waals surface area contributed by atoms with Crippen molar-refractivity contribution in [3.05, 3.63) is 29.8 Å². The van der Waals surface area contributed by atoms with E-state index in [1.54, 1.807) is 24.1 Å². The lowest BCUT2D eigenvalue weighted by molar-refractivity contribution is 0.0697. The van der Waals surface area contributed by atoms with Crippen LogP contribution in [0.15, 0.2) is 24.3 Å². The number of carbonyl (C=O) groups is 1. The fourth-order valence-corrected chi connectivity index (χ4v) is 3.11. The van der Waals surface area contributed by atoms with Crippen LogP contribution in [0.5, 0.6) is 5.75 Å². The molecule has 19 heavy (non-hydrogen) atoms. The molecule has 0 aromatic heterocycles. The summed E-state index contributed by atoms with van der Waals surface area (Å²) in [5.41, 5.74) is 0.599. The molecule has 1 aromatic carbocycles. The van der Waals surface area contributed by atoms with Gasteiger partial charge in [-0.1, -0.05) is 25.0 Å². The first-order valence-electron chi connectivity index (χ1n) is 6.69. The summed E-state index contributed by atoms with van der Waals surface area (Å²) >= 11 is 6.36. The Morgan fingerprint density at radius 1 is 1.32 bits per heavy atom. The number of nitrogens with zero attached hydrogens (tertiary/aromatic N) is 1. The van der Waals surface area contributed by atoms with E-state index in [-0.39, 0.29) is 17.3 Å². The highest BCUT2D eigenvalue weighted by molar-refractivity contribution is 6.21. The summed E-state index contributed by atoms with van der Waals surface area (Å²) in [7, 11) is 3.41. The Morgan fingerprint density at radius 2 is 2.00 bits per heavy atom. The Balaban J connectivity index is 2.18. The van der Waals surface area contributed by atoms with Gasteiger partial charge in [0.25, 0.3) is 5.91 Å². The predicted octanol–water partition coefficient (Wildman–Crippen LogP) is 3.32. The van der Waals surface area contributed by atoms with Crippen molar-refractivity contribution < 1.29 is 9.53 Å². The molecule has 0 saturated heterocycles. The highest BCUT2D eigenvalue weighted by Crippen LogP contribution is 2.28. The lowest BCUT2D eigenvalue weighted by Crippen LogP contribution is -2.44. The molecule has 0 spiro atoms. The molecule has 0 heterocycles. The van der Waals surface area contributed by atoms with Gasteiger partial charge >= 0.3 is 0 Å². The molecular formula is C15H20ClNO2. The van der Waals surface area contributed by atoms with Crippen LogP contribution in [0.2, 0.25) is 0 Å². The minimum Gasteiger partial charge on any atom is -0.496 e. The largest absolute Gasteiger partial charge is 0.496 e. The molecule has 2 unspecified atom stereocenters. The van der Waals surface area contributed by atoms with E-state index < -0.39 is 0 Å². The Bertz CT molecular complexity index is 450. The van der Waals surface area contributed by atoms with Gasteiger partial charge < -0.3 is 9.64 Å². The van der Waals surface area contributed by atoms with Crippen molar-refractivity contribution in [2.24, 2.45) is 0 Å². The molecular weight excluding hydrogens is 262 g/mol. The molecule has 1 aromatic rings. The smallest absolute Gasteiger partial charge is 0.257 e. The van der Waals surface area contributed by atoms with E-state index in [1.807, 2.05) is 19.2 Å². The van der Waals surface area contributed by atoms with E-state index in [9.17, 15) is 4.79 Å². The van der Waals surface area contributed by atoms with Crippen LogP contribution in [0.4, 0.5) is 0 Å². The second kappa shape index (κ2) is 6.29. The van der Waals surface area contributed by atoms with E-state index in [2.05, 4.69) is 0 Å². The number of alkyl halides is 1. The summed E-state index contributed by atoms with van der Waals surface area (Å²) in [6.07, 6.45) is 4.25. The minimum atomic E-state index is -0.0185. The summed E-state index contributed by atoms with van der Waals surface area (Å²) in [5, 5.41) is 0.0532. The first kappa shape index (κ1) is 14.2. The third-order valence-corrected chi connectivity index (χ3v) is 4.31. The van der Waals surface area contributed by atoms with Gasteiger partial charge in [-0.25, -0.2) is 0 Å². The molecule has 104 valence electrons. The summed E-state index contributed by atoms with van der Waals surface area (Å²) in [4.78, 5) is 14.3. The third-order valence-electron chi connectivity index (χ3n) is 3.80. The van der Waals surface area contributed by atoms with Crippen molar-refractivity contribution in [1.82, 2.24) is 4.90 Å². The minimum absolute atomic E-state index is 0.0185. The van der Waals surface area contributed by atoms with Crippen molar-refractivity contribution >= 4 is 17.5 Å². The Hall–Kier alpha value is -1.22. The van der Waals surface area contributed by atoms with Crippen molar-refractivity contribution in [3.63, 3.8) is 0 Å². The van der Waals surface area contributed by atoms with Gasteiger partial charge in [0.2, 0.25) is 0 Å². The van der Waals surface area contributed by atoms with Crippen LogP contribution >= 0.6 is 11.6 Å². The SMILES string of the molecule is COc1ccccc1C(=O)N(C)C1CCCCC1Cl. The first-order valence-corrected chi connectivity index (χ1v) is 7.13. The summed E-state index contributed by atoms with van der Waals surface area (Å²) in [6.45, 7) is 0. The fraction of sp³-hybridized carbons (Fsp3) is 0.533. The number of carbonyl (C=O) groups excluding carboxylic acids is 1. The monoisotopic (exact) mass is 281 g/mol. The van der Waals surface area contributed by atoms with Gasteiger partial charge in [0.05, 0.1) is 18.1 Å². The molecule has 0 aliphatic heterocycles. The van der Waals surface area contributed by atoms with Crippen LogP contribution in [0.25, 0.3) is 0 Å². The quantitative estimate of drug-likeness (QED) is 0.796. The standard InChI is InChI=1S/C15H20ClNO2/c1-17(13-9-5-4-8-12(13)16)15(18)11-7-3-6-10-14(11)19-2/h3,6-7,10,12-13H,4-5,8-9H2,1-2H3. The zero-order chi connectivity index (χ0) is 13.8. The predicted molar refractivity (Wildman–Crippen MR) is 77.0 cm³/mol. The normalized spacial score (nSPS) is 22.9. The van der Waals surface area contributed by atoms with E-state index in [0.29, 0.717) is 11.3 Å². The number of para-hydroxylation sites is 1. The molecule has 3 nitrogen and oxygen atoms in total. The molecule has 0 N–H and O–H groups in total.